The van der Waals surface area contributed by atoms with Crippen molar-refractivity contribution in [3.8, 4) is 22.5 Å². The molecule has 0 radical (unpaired) electrons. The van der Waals surface area contributed by atoms with E-state index in [1.54, 1.807) is 6.33 Å². The first-order valence-corrected chi connectivity index (χ1v) is 8.86. The topological polar surface area (TPSA) is 38.7 Å². The quantitative estimate of drug-likeness (QED) is 0.610. The summed E-state index contributed by atoms with van der Waals surface area (Å²) in [5.41, 5.74) is 7.85. The van der Waals surface area contributed by atoms with Gasteiger partial charge in [0.05, 0.1) is 11.4 Å². The zero-order valence-corrected chi connectivity index (χ0v) is 15.6. The molecule has 0 bridgehead atoms. The van der Waals surface area contributed by atoms with Crippen LogP contribution in [0.4, 0.5) is 0 Å². The van der Waals surface area contributed by atoms with Crippen LogP contribution in [0.2, 0.25) is 0 Å². The van der Waals surface area contributed by atoms with E-state index in [9.17, 15) is 0 Å². The maximum absolute atomic E-state index is 4.62. The van der Waals surface area contributed by atoms with Gasteiger partial charge in [0, 0.05) is 23.0 Å². The number of aryl methyl sites for hydroxylation is 1. The van der Waals surface area contributed by atoms with Gasteiger partial charge < -0.3 is 0 Å². The maximum Gasteiger partial charge on any atom is 0.116 e. The molecule has 0 saturated carbocycles. The number of aromatic nitrogens is 3. The Labute approximate surface area is 150 Å². The summed E-state index contributed by atoms with van der Waals surface area (Å²) in [6, 6.07) is 12.7. The van der Waals surface area contributed by atoms with Gasteiger partial charge >= 0.3 is 0 Å². The van der Waals surface area contributed by atoms with Gasteiger partial charge in [0.2, 0.25) is 0 Å². The lowest BCUT2D eigenvalue weighted by Crippen LogP contribution is -2.02. The zero-order valence-electron chi connectivity index (χ0n) is 15.6. The van der Waals surface area contributed by atoms with E-state index in [2.05, 4.69) is 73.0 Å². The van der Waals surface area contributed by atoms with Gasteiger partial charge in [-0.3, -0.25) is 4.98 Å². The highest BCUT2D eigenvalue weighted by Gasteiger charge is 2.17. The molecular formula is C22H25N3. The monoisotopic (exact) mass is 331 g/mol. The SMILES string of the molecule is Cc1ncccc1-c1cc(-c2c(C(C)C)cccc2C(C)C)ncn1. The smallest absolute Gasteiger partial charge is 0.116 e. The molecule has 0 fully saturated rings. The van der Waals surface area contributed by atoms with Crippen LogP contribution in [-0.2, 0) is 0 Å². The summed E-state index contributed by atoms with van der Waals surface area (Å²) in [6.45, 7) is 10.9. The van der Waals surface area contributed by atoms with Crippen LogP contribution in [0.25, 0.3) is 22.5 Å². The van der Waals surface area contributed by atoms with E-state index >= 15 is 0 Å². The molecule has 0 aliphatic heterocycles. The number of benzene rings is 1. The molecule has 0 aliphatic carbocycles. The zero-order chi connectivity index (χ0) is 18.0. The van der Waals surface area contributed by atoms with E-state index in [1.807, 2.05) is 19.2 Å². The Hall–Kier alpha value is -2.55. The highest BCUT2D eigenvalue weighted by molar-refractivity contribution is 5.73. The van der Waals surface area contributed by atoms with Gasteiger partial charge in [0.15, 0.2) is 0 Å². The second-order valence-electron chi connectivity index (χ2n) is 7.05. The van der Waals surface area contributed by atoms with Gasteiger partial charge in [-0.2, -0.15) is 0 Å². The predicted octanol–water partition coefficient (Wildman–Crippen LogP) is 5.76. The third-order valence-electron chi connectivity index (χ3n) is 4.58. The van der Waals surface area contributed by atoms with Crippen LogP contribution >= 0.6 is 0 Å². The van der Waals surface area contributed by atoms with Gasteiger partial charge in [-0.25, -0.2) is 9.97 Å². The van der Waals surface area contributed by atoms with Crippen molar-refractivity contribution < 1.29 is 0 Å². The minimum atomic E-state index is 0.437. The lowest BCUT2D eigenvalue weighted by Gasteiger charge is -2.19. The molecule has 0 aliphatic rings. The molecular weight excluding hydrogens is 306 g/mol. The van der Waals surface area contributed by atoms with E-state index < -0.39 is 0 Å². The molecule has 3 nitrogen and oxygen atoms in total. The van der Waals surface area contributed by atoms with Gasteiger partial charge in [-0.15, -0.1) is 0 Å². The number of nitrogens with zero attached hydrogens (tertiary/aromatic N) is 3. The van der Waals surface area contributed by atoms with Crippen LogP contribution in [-0.4, -0.2) is 15.0 Å². The van der Waals surface area contributed by atoms with Crippen molar-refractivity contribution >= 4 is 0 Å². The standard InChI is InChI=1S/C22H25N3/c1-14(2)17-8-6-9-18(15(3)4)22(17)21-12-20(24-13-25-21)19-10-7-11-23-16(19)5/h6-15H,1-5H3. The molecule has 25 heavy (non-hydrogen) atoms. The van der Waals surface area contributed by atoms with Crippen molar-refractivity contribution in [2.24, 2.45) is 0 Å². The molecule has 3 heteroatoms. The molecule has 2 aromatic heterocycles. The lowest BCUT2D eigenvalue weighted by molar-refractivity contribution is 0.836. The Balaban J connectivity index is 2.21. The molecule has 3 aromatic rings. The van der Waals surface area contributed by atoms with Crippen LogP contribution in [0.5, 0.6) is 0 Å². The summed E-state index contributed by atoms with van der Waals surface area (Å²) in [6.07, 6.45) is 3.48. The summed E-state index contributed by atoms with van der Waals surface area (Å²) < 4.78 is 0. The van der Waals surface area contributed by atoms with Crippen LogP contribution in [0.3, 0.4) is 0 Å². The molecule has 0 atom stereocenters. The van der Waals surface area contributed by atoms with Crippen molar-refractivity contribution in [2.45, 2.75) is 46.5 Å². The number of hydrogen-bond acceptors (Lipinski definition) is 3. The highest BCUT2D eigenvalue weighted by atomic mass is 14.8. The van der Waals surface area contributed by atoms with Crippen molar-refractivity contribution in [3.63, 3.8) is 0 Å². The fraction of sp³-hybridized carbons (Fsp3) is 0.318. The summed E-state index contributed by atoms with van der Waals surface area (Å²) in [5, 5.41) is 0. The molecule has 0 spiro atoms. The lowest BCUT2D eigenvalue weighted by atomic mass is 9.86. The van der Waals surface area contributed by atoms with Gasteiger partial charge in [-0.05, 0) is 48.1 Å². The van der Waals surface area contributed by atoms with Crippen molar-refractivity contribution in [1.82, 2.24) is 15.0 Å². The molecule has 128 valence electrons. The summed E-state index contributed by atoms with van der Waals surface area (Å²) in [5.74, 6) is 0.875. The van der Waals surface area contributed by atoms with E-state index in [0.29, 0.717) is 11.8 Å². The van der Waals surface area contributed by atoms with Crippen LogP contribution in [0, 0.1) is 6.92 Å². The minimum absolute atomic E-state index is 0.437. The summed E-state index contributed by atoms with van der Waals surface area (Å²) >= 11 is 0. The second kappa shape index (κ2) is 7.14. The first kappa shape index (κ1) is 17.3. The highest BCUT2D eigenvalue weighted by Crippen LogP contribution is 2.36. The third-order valence-corrected chi connectivity index (χ3v) is 4.58. The fourth-order valence-electron chi connectivity index (χ4n) is 3.24. The third kappa shape index (κ3) is 3.46. The average molecular weight is 331 g/mol. The number of rotatable bonds is 4. The number of pyridine rings is 1. The van der Waals surface area contributed by atoms with Crippen molar-refractivity contribution in [2.75, 3.05) is 0 Å². The largest absolute Gasteiger partial charge is 0.261 e. The first-order valence-electron chi connectivity index (χ1n) is 8.86. The van der Waals surface area contributed by atoms with E-state index in [0.717, 1.165) is 22.6 Å². The van der Waals surface area contributed by atoms with Crippen LogP contribution in [0.15, 0.2) is 48.9 Å². The van der Waals surface area contributed by atoms with Gasteiger partial charge in [-0.1, -0.05) is 45.9 Å². The van der Waals surface area contributed by atoms with E-state index in [1.165, 1.54) is 16.7 Å². The van der Waals surface area contributed by atoms with Gasteiger partial charge in [0.25, 0.3) is 0 Å². The average Bonchev–Trinajstić information content (AvgIpc) is 2.61. The molecule has 3 rings (SSSR count). The molecule has 0 amide bonds. The Bertz CT molecular complexity index is 856. The molecule has 0 N–H and O–H groups in total. The van der Waals surface area contributed by atoms with E-state index in [-0.39, 0.29) is 0 Å². The Morgan fingerprint density at radius 1 is 0.760 bits per heavy atom. The van der Waals surface area contributed by atoms with Crippen LogP contribution < -0.4 is 0 Å². The maximum atomic E-state index is 4.62. The molecule has 2 heterocycles. The minimum Gasteiger partial charge on any atom is -0.261 e. The first-order chi connectivity index (χ1) is 12.0. The van der Waals surface area contributed by atoms with Crippen molar-refractivity contribution in [1.29, 1.82) is 0 Å². The Morgan fingerprint density at radius 2 is 1.40 bits per heavy atom. The summed E-state index contributed by atoms with van der Waals surface area (Å²) in [7, 11) is 0. The molecule has 1 aromatic carbocycles. The summed E-state index contributed by atoms with van der Waals surface area (Å²) in [4.78, 5) is 13.5. The predicted molar refractivity (Wildman–Crippen MR) is 104 cm³/mol. The molecule has 0 saturated heterocycles. The Morgan fingerprint density at radius 3 is 2.00 bits per heavy atom. The second-order valence-corrected chi connectivity index (χ2v) is 7.05. The molecule has 0 unspecified atom stereocenters. The van der Waals surface area contributed by atoms with Crippen LogP contribution in [0.1, 0.15) is 56.4 Å². The number of hydrogen-bond donors (Lipinski definition) is 0. The van der Waals surface area contributed by atoms with E-state index in [4.69, 9.17) is 0 Å². The Kier molecular flexibility index (Phi) is 4.93. The van der Waals surface area contributed by atoms with Gasteiger partial charge in [0.1, 0.15) is 6.33 Å². The van der Waals surface area contributed by atoms with Crippen molar-refractivity contribution in [3.05, 3.63) is 65.7 Å². The fourth-order valence-corrected chi connectivity index (χ4v) is 3.24. The normalized spacial score (nSPS) is 11.3.